The minimum absolute atomic E-state index is 0.0613. The smallest absolute Gasteiger partial charge is 0.372 e. The van der Waals surface area contributed by atoms with Crippen LogP contribution in [0.25, 0.3) is 0 Å². The van der Waals surface area contributed by atoms with Crippen molar-refractivity contribution in [3.63, 3.8) is 0 Å². The fraction of sp³-hybridized carbons (Fsp3) is 0.154. The highest BCUT2D eigenvalue weighted by Gasteiger charge is 2.15. The van der Waals surface area contributed by atoms with Crippen LogP contribution in [-0.2, 0) is 6.61 Å². The highest BCUT2D eigenvalue weighted by molar-refractivity contribution is 9.10. The van der Waals surface area contributed by atoms with Crippen LogP contribution in [0, 0.1) is 6.92 Å². The fourth-order valence-corrected chi connectivity index (χ4v) is 2.44. The molecule has 0 aliphatic heterocycles. The molecule has 0 spiro atoms. The molecule has 2 rings (SSSR count). The summed E-state index contributed by atoms with van der Waals surface area (Å²) in [6, 6.07) is 4.80. The van der Waals surface area contributed by atoms with Crippen LogP contribution in [0.2, 0.25) is 10.0 Å². The number of aryl methyl sites for hydroxylation is 1. The van der Waals surface area contributed by atoms with E-state index in [9.17, 15) is 4.79 Å². The van der Waals surface area contributed by atoms with Crippen molar-refractivity contribution in [3.05, 3.63) is 49.8 Å². The number of rotatable bonds is 4. The first-order valence-corrected chi connectivity index (χ1v) is 7.03. The predicted molar refractivity (Wildman–Crippen MR) is 78.9 cm³/mol. The van der Waals surface area contributed by atoms with Crippen LogP contribution in [0.1, 0.15) is 21.9 Å². The van der Waals surface area contributed by atoms with Crippen molar-refractivity contribution < 1.29 is 19.1 Å². The Hall–Kier alpha value is -1.17. The van der Waals surface area contributed by atoms with E-state index in [1.165, 1.54) is 0 Å². The molecule has 0 saturated heterocycles. The molecule has 20 heavy (non-hydrogen) atoms. The summed E-state index contributed by atoms with van der Waals surface area (Å²) in [6.07, 6.45) is 0. The van der Waals surface area contributed by atoms with Gasteiger partial charge in [0.05, 0.1) is 10.0 Å². The van der Waals surface area contributed by atoms with E-state index in [0.29, 0.717) is 31.6 Å². The monoisotopic (exact) mass is 378 g/mol. The number of halogens is 3. The summed E-state index contributed by atoms with van der Waals surface area (Å²) in [5, 5.41) is 9.75. The molecule has 0 amide bonds. The third-order valence-corrected chi connectivity index (χ3v) is 4.00. The van der Waals surface area contributed by atoms with Gasteiger partial charge in [-0.1, -0.05) is 23.2 Å². The maximum Gasteiger partial charge on any atom is 0.372 e. The zero-order valence-corrected chi connectivity index (χ0v) is 13.3. The largest absolute Gasteiger partial charge is 0.484 e. The van der Waals surface area contributed by atoms with Gasteiger partial charge in [0.15, 0.2) is 0 Å². The van der Waals surface area contributed by atoms with Crippen LogP contribution in [0.3, 0.4) is 0 Å². The quantitative estimate of drug-likeness (QED) is 0.764. The van der Waals surface area contributed by atoms with Crippen molar-refractivity contribution in [2.45, 2.75) is 13.5 Å². The van der Waals surface area contributed by atoms with Crippen LogP contribution in [0.5, 0.6) is 5.75 Å². The van der Waals surface area contributed by atoms with Crippen molar-refractivity contribution in [1.82, 2.24) is 0 Å². The first kappa shape index (κ1) is 15.2. The van der Waals surface area contributed by atoms with Crippen LogP contribution >= 0.6 is 39.1 Å². The van der Waals surface area contributed by atoms with Crippen molar-refractivity contribution in [2.75, 3.05) is 0 Å². The van der Waals surface area contributed by atoms with E-state index in [1.807, 2.05) is 0 Å². The van der Waals surface area contributed by atoms with Gasteiger partial charge in [-0.25, -0.2) is 4.79 Å². The molecule has 4 nitrogen and oxygen atoms in total. The van der Waals surface area contributed by atoms with Gasteiger partial charge >= 0.3 is 5.97 Å². The van der Waals surface area contributed by atoms with E-state index >= 15 is 0 Å². The lowest BCUT2D eigenvalue weighted by atomic mass is 10.3. The van der Waals surface area contributed by atoms with Crippen LogP contribution < -0.4 is 4.74 Å². The summed E-state index contributed by atoms with van der Waals surface area (Å²) in [5.41, 5.74) is 0.538. The molecule has 0 radical (unpaired) electrons. The van der Waals surface area contributed by atoms with Gasteiger partial charge in [-0.3, -0.25) is 0 Å². The van der Waals surface area contributed by atoms with Gasteiger partial charge in [-0.2, -0.15) is 0 Å². The maximum atomic E-state index is 10.9. The summed E-state index contributed by atoms with van der Waals surface area (Å²) in [5.74, 6) is -0.414. The normalized spacial score (nSPS) is 10.6. The predicted octanol–water partition coefficient (Wildman–Crippen LogP) is 4.93. The molecule has 7 heteroatoms. The number of benzene rings is 1. The van der Waals surface area contributed by atoms with Crippen molar-refractivity contribution >= 4 is 45.1 Å². The molecule has 0 saturated carbocycles. The first-order valence-electron chi connectivity index (χ1n) is 5.48. The Labute approximate surface area is 133 Å². The molecule has 1 heterocycles. The van der Waals surface area contributed by atoms with E-state index < -0.39 is 5.97 Å². The first-order chi connectivity index (χ1) is 9.38. The molecule has 106 valence electrons. The third kappa shape index (κ3) is 3.29. The van der Waals surface area contributed by atoms with E-state index in [4.69, 9.17) is 37.5 Å². The van der Waals surface area contributed by atoms with Crippen molar-refractivity contribution in [1.29, 1.82) is 0 Å². The zero-order valence-electron chi connectivity index (χ0n) is 10.2. The second-order valence-corrected chi connectivity index (χ2v) is 5.68. The highest BCUT2D eigenvalue weighted by atomic mass is 79.9. The van der Waals surface area contributed by atoms with E-state index in [1.54, 1.807) is 25.1 Å². The lowest BCUT2D eigenvalue weighted by Gasteiger charge is -2.07. The number of hydrogen-bond donors (Lipinski definition) is 1. The number of carboxylic acid groups (broad SMARTS) is 1. The van der Waals surface area contributed by atoms with Crippen LogP contribution in [0.15, 0.2) is 27.1 Å². The molecule has 1 aromatic carbocycles. The highest BCUT2D eigenvalue weighted by Crippen LogP contribution is 2.34. The summed E-state index contributed by atoms with van der Waals surface area (Å²) < 4.78 is 11.3. The van der Waals surface area contributed by atoms with E-state index in [-0.39, 0.29) is 12.4 Å². The molecule has 0 aliphatic carbocycles. The summed E-state index contributed by atoms with van der Waals surface area (Å²) >= 11 is 15.2. The van der Waals surface area contributed by atoms with Gasteiger partial charge in [-0.05, 0) is 35.0 Å². The number of carbonyl (C=O) groups is 1. The summed E-state index contributed by atoms with van der Waals surface area (Å²) in [6.45, 7) is 1.71. The minimum Gasteiger partial charge on any atom is -0.484 e. The minimum atomic E-state index is -1.11. The van der Waals surface area contributed by atoms with Gasteiger partial charge in [0.2, 0.25) is 5.76 Å². The number of aromatic carboxylic acids is 1. The second kappa shape index (κ2) is 6.08. The fourth-order valence-electron chi connectivity index (χ4n) is 1.60. The number of hydrogen-bond acceptors (Lipinski definition) is 3. The number of furan rings is 1. The molecule has 0 aliphatic rings. The lowest BCUT2D eigenvalue weighted by molar-refractivity contribution is 0.0657. The summed E-state index contributed by atoms with van der Waals surface area (Å²) in [4.78, 5) is 10.9. The molecule has 1 aromatic heterocycles. The Morgan fingerprint density at radius 1 is 1.35 bits per heavy atom. The Morgan fingerprint density at radius 3 is 2.65 bits per heavy atom. The van der Waals surface area contributed by atoms with Gasteiger partial charge in [-0.15, -0.1) is 0 Å². The average molecular weight is 380 g/mol. The Bertz CT molecular complexity index is 667. The molecular weight excluding hydrogens is 371 g/mol. The lowest BCUT2D eigenvalue weighted by Crippen LogP contribution is -1.96. The molecule has 1 N–H and O–H groups in total. The standard InChI is InChI=1S/C13H9BrCl2O4/c1-6-2-7(20-12(6)13(17)18)5-19-11-4-9(15)8(14)3-10(11)16/h2-4H,5H2,1H3,(H,17,18). The van der Waals surface area contributed by atoms with Crippen LogP contribution in [0.4, 0.5) is 0 Å². The van der Waals surface area contributed by atoms with Crippen LogP contribution in [-0.4, -0.2) is 11.1 Å². The Morgan fingerprint density at radius 2 is 2.05 bits per heavy atom. The third-order valence-electron chi connectivity index (χ3n) is 2.51. The number of carboxylic acids is 1. The molecule has 0 bridgehead atoms. The number of ether oxygens (including phenoxy) is 1. The molecule has 0 atom stereocenters. The van der Waals surface area contributed by atoms with E-state index in [2.05, 4.69) is 15.9 Å². The Kier molecular flexibility index (Phi) is 4.62. The van der Waals surface area contributed by atoms with Gasteiger partial charge in [0.25, 0.3) is 0 Å². The van der Waals surface area contributed by atoms with Gasteiger partial charge in [0, 0.05) is 16.1 Å². The van der Waals surface area contributed by atoms with Crippen molar-refractivity contribution in [2.24, 2.45) is 0 Å². The molecule has 0 fully saturated rings. The molecular formula is C13H9BrCl2O4. The average Bonchev–Trinajstić information content (AvgIpc) is 2.74. The van der Waals surface area contributed by atoms with E-state index in [0.717, 1.165) is 0 Å². The zero-order chi connectivity index (χ0) is 14.9. The molecule has 2 aromatic rings. The Balaban J connectivity index is 2.15. The SMILES string of the molecule is Cc1cc(COc2cc(Cl)c(Br)cc2Cl)oc1C(=O)O. The summed E-state index contributed by atoms with van der Waals surface area (Å²) in [7, 11) is 0. The topological polar surface area (TPSA) is 59.7 Å². The second-order valence-electron chi connectivity index (χ2n) is 4.02. The molecule has 0 unspecified atom stereocenters. The van der Waals surface area contributed by atoms with Crippen molar-refractivity contribution in [3.8, 4) is 5.75 Å². The maximum absolute atomic E-state index is 10.9. The van der Waals surface area contributed by atoms with Gasteiger partial charge < -0.3 is 14.3 Å². The van der Waals surface area contributed by atoms with Gasteiger partial charge in [0.1, 0.15) is 18.1 Å².